The molecule has 0 spiro atoms. The maximum Gasteiger partial charge on any atom is 0.224 e. The van der Waals surface area contributed by atoms with Gasteiger partial charge in [-0.3, -0.25) is 4.79 Å². The second kappa shape index (κ2) is 11.3. The number of hydrogen-bond donors (Lipinski definition) is 1. The van der Waals surface area contributed by atoms with Crippen molar-refractivity contribution >= 4 is 32.7 Å². The Hall–Kier alpha value is -2.51. The number of aromatic nitrogens is 2. The highest BCUT2D eigenvalue weighted by atomic mass is 32.1. The summed E-state index contributed by atoms with van der Waals surface area (Å²) in [5.41, 5.74) is 2.41. The minimum absolute atomic E-state index is 0.0439. The molecule has 5 rings (SSSR count). The molecule has 0 radical (unpaired) electrons. The van der Waals surface area contributed by atoms with Gasteiger partial charge < -0.3 is 15.1 Å². The van der Waals surface area contributed by atoms with Crippen LogP contribution in [0.5, 0.6) is 0 Å². The molecule has 1 aromatic carbocycles. The number of hydrogen-bond acceptors (Lipinski definition) is 6. The quantitative estimate of drug-likeness (QED) is 0.488. The summed E-state index contributed by atoms with van der Waals surface area (Å²) in [5, 5.41) is 4.20. The van der Waals surface area contributed by atoms with Gasteiger partial charge in [-0.2, -0.15) is 0 Å². The van der Waals surface area contributed by atoms with Crippen molar-refractivity contribution in [2.75, 3.05) is 44.2 Å². The number of nitrogens with one attached hydrogen (secondary N) is 1. The summed E-state index contributed by atoms with van der Waals surface area (Å²) < 4.78 is 0. The van der Waals surface area contributed by atoms with E-state index >= 15 is 0 Å². The van der Waals surface area contributed by atoms with Gasteiger partial charge >= 0.3 is 0 Å². The standard InChI is InChI=1S/C27H35N5OS/c33-25(23-9-5-16-32(20-23)27-30-24-10-4-13-29-26(24)34-27)28-14-6-15-31-17-11-22(12-18-31)19-21-7-2-1-3-8-21/h1-4,7-8,10,13,22-23H,5-6,9,11-12,14-20H2,(H,28,33)/t23-/m1/s1. The lowest BCUT2D eigenvalue weighted by atomic mass is 9.90. The van der Waals surface area contributed by atoms with Gasteiger partial charge in [0.05, 0.1) is 5.92 Å². The van der Waals surface area contributed by atoms with Gasteiger partial charge in [-0.25, -0.2) is 9.97 Å². The lowest BCUT2D eigenvalue weighted by Gasteiger charge is -2.32. The minimum atomic E-state index is 0.0439. The Morgan fingerprint density at radius 2 is 1.91 bits per heavy atom. The summed E-state index contributed by atoms with van der Waals surface area (Å²) >= 11 is 1.62. The lowest BCUT2D eigenvalue weighted by Crippen LogP contribution is -2.43. The van der Waals surface area contributed by atoms with E-state index in [0.717, 1.165) is 66.8 Å². The fourth-order valence-corrected chi connectivity index (χ4v) is 6.22. The molecule has 0 unspecified atom stereocenters. The second-order valence-corrected chi connectivity index (χ2v) is 10.7. The number of fused-ring (bicyclic) bond motifs is 1. The third-order valence-corrected chi connectivity index (χ3v) is 8.28. The molecule has 2 fully saturated rings. The van der Waals surface area contributed by atoms with E-state index in [2.05, 4.69) is 50.4 Å². The first-order chi connectivity index (χ1) is 16.7. The van der Waals surface area contributed by atoms with E-state index in [1.54, 1.807) is 11.3 Å². The number of nitrogens with zero attached hydrogens (tertiary/aromatic N) is 4. The molecule has 3 aromatic rings. The molecule has 1 amide bonds. The van der Waals surface area contributed by atoms with Crippen molar-refractivity contribution in [3.8, 4) is 0 Å². The van der Waals surface area contributed by atoms with Crippen molar-refractivity contribution < 1.29 is 4.79 Å². The highest BCUT2D eigenvalue weighted by Gasteiger charge is 2.27. The number of benzene rings is 1. The Morgan fingerprint density at radius 1 is 1.06 bits per heavy atom. The second-order valence-electron chi connectivity index (χ2n) is 9.73. The Labute approximate surface area is 206 Å². The predicted molar refractivity (Wildman–Crippen MR) is 139 cm³/mol. The van der Waals surface area contributed by atoms with E-state index in [-0.39, 0.29) is 11.8 Å². The molecule has 7 heteroatoms. The molecule has 4 heterocycles. The highest BCUT2D eigenvalue weighted by Crippen LogP contribution is 2.30. The minimum Gasteiger partial charge on any atom is -0.356 e. The molecule has 2 aliphatic rings. The van der Waals surface area contributed by atoms with Crippen LogP contribution in [-0.2, 0) is 11.2 Å². The summed E-state index contributed by atoms with van der Waals surface area (Å²) in [6.45, 7) is 5.92. The molecule has 2 saturated heterocycles. The van der Waals surface area contributed by atoms with Crippen LogP contribution in [0.15, 0.2) is 48.7 Å². The van der Waals surface area contributed by atoms with Gasteiger partial charge in [0, 0.05) is 25.8 Å². The smallest absolute Gasteiger partial charge is 0.224 e. The van der Waals surface area contributed by atoms with Gasteiger partial charge in [0.2, 0.25) is 5.91 Å². The molecule has 2 aromatic heterocycles. The van der Waals surface area contributed by atoms with Crippen molar-refractivity contribution in [2.45, 2.75) is 38.5 Å². The summed E-state index contributed by atoms with van der Waals surface area (Å²) in [5.74, 6) is 1.05. The molecule has 1 N–H and O–H groups in total. The summed E-state index contributed by atoms with van der Waals surface area (Å²) in [6.07, 6.45) is 8.58. The Balaban J connectivity index is 1.01. The first kappa shape index (κ1) is 23.2. The molecule has 34 heavy (non-hydrogen) atoms. The number of anilines is 1. The first-order valence-electron chi connectivity index (χ1n) is 12.7. The maximum absolute atomic E-state index is 12.8. The van der Waals surface area contributed by atoms with Crippen molar-refractivity contribution in [2.24, 2.45) is 11.8 Å². The van der Waals surface area contributed by atoms with Crippen molar-refractivity contribution in [1.82, 2.24) is 20.2 Å². The van der Waals surface area contributed by atoms with Gasteiger partial charge in [0.1, 0.15) is 10.3 Å². The van der Waals surface area contributed by atoms with E-state index in [9.17, 15) is 4.79 Å². The van der Waals surface area contributed by atoms with Gasteiger partial charge in [0.15, 0.2) is 5.13 Å². The number of carbonyl (C=O) groups excluding carboxylic acids is 1. The predicted octanol–water partition coefficient (Wildman–Crippen LogP) is 4.37. The highest BCUT2D eigenvalue weighted by molar-refractivity contribution is 7.21. The number of likely N-dealkylation sites (tertiary alicyclic amines) is 1. The molecule has 0 saturated carbocycles. The van der Waals surface area contributed by atoms with Crippen LogP contribution < -0.4 is 10.2 Å². The number of carbonyl (C=O) groups is 1. The number of amides is 1. The molecular weight excluding hydrogens is 442 g/mol. The topological polar surface area (TPSA) is 61.4 Å². The zero-order valence-corrected chi connectivity index (χ0v) is 20.7. The molecule has 1 atom stereocenters. The summed E-state index contributed by atoms with van der Waals surface area (Å²) in [6, 6.07) is 14.8. The van der Waals surface area contributed by atoms with Crippen LogP contribution in [0.4, 0.5) is 5.13 Å². The van der Waals surface area contributed by atoms with Crippen molar-refractivity contribution in [3.05, 3.63) is 54.2 Å². The third kappa shape index (κ3) is 5.94. The number of pyridine rings is 1. The number of rotatable bonds is 8. The van der Waals surface area contributed by atoms with E-state index in [4.69, 9.17) is 4.98 Å². The summed E-state index contributed by atoms with van der Waals surface area (Å²) in [4.78, 5) is 27.8. The van der Waals surface area contributed by atoms with Gasteiger partial charge in [0.25, 0.3) is 0 Å². The molecule has 180 valence electrons. The number of thiazole rings is 1. The van der Waals surface area contributed by atoms with E-state index in [1.165, 1.54) is 37.9 Å². The largest absolute Gasteiger partial charge is 0.356 e. The van der Waals surface area contributed by atoms with Crippen LogP contribution in [0.2, 0.25) is 0 Å². The Morgan fingerprint density at radius 3 is 2.74 bits per heavy atom. The normalized spacial score (nSPS) is 20.0. The molecule has 0 bridgehead atoms. The van der Waals surface area contributed by atoms with Crippen molar-refractivity contribution in [3.63, 3.8) is 0 Å². The van der Waals surface area contributed by atoms with E-state index in [0.29, 0.717) is 0 Å². The maximum atomic E-state index is 12.8. The number of piperidine rings is 2. The average molecular weight is 478 g/mol. The van der Waals surface area contributed by atoms with Crippen LogP contribution >= 0.6 is 11.3 Å². The Bertz CT molecular complexity index is 1030. The zero-order valence-electron chi connectivity index (χ0n) is 19.9. The zero-order chi connectivity index (χ0) is 23.2. The monoisotopic (exact) mass is 477 g/mol. The van der Waals surface area contributed by atoms with Gasteiger partial charge in [-0.15, -0.1) is 0 Å². The van der Waals surface area contributed by atoms with E-state index < -0.39 is 0 Å². The van der Waals surface area contributed by atoms with Gasteiger partial charge in [-0.1, -0.05) is 41.7 Å². The van der Waals surface area contributed by atoms with Crippen LogP contribution in [0.25, 0.3) is 10.3 Å². The van der Waals surface area contributed by atoms with E-state index in [1.807, 2.05) is 18.3 Å². The average Bonchev–Trinajstić information content (AvgIpc) is 3.33. The fraction of sp³-hybridized carbons (Fsp3) is 0.519. The SMILES string of the molecule is O=C(NCCCN1CCC(Cc2ccccc2)CC1)[C@@H]1CCCN(c2nc3cccnc3s2)C1. The molecule has 0 aliphatic carbocycles. The fourth-order valence-electron chi connectivity index (χ4n) is 5.28. The molecule has 6 nitrogen and oxygen atoms in total. The van der Waals surface area contributed by atoms with Crippen molar-refractivity contribution in [1.29, 1.82) is 0 Å². The van der Waals surface area contributed by atoms with Crippen LogP contribution in [0.3, 0.4) is 0 Å². The Kier molecular flexibility index (Phi) is 7.71. The first-order valence-corrected chi connectivity index (χ1v) is 13.6. The molecule has 2 aliphatic heterocycles. The van der Waals surface area contributed by atoms with Gasteiger partial charge in [-0.05, 0) is 81.8 Å². The van der Waals surface area contributed by atoms with Crippen LogP contribution in [0, 0.1) is 11.8 Å². The summed E-state index contributed by atoms with van der Waals surface area (Å²) in [7, 11) is 0. The van der Waals surface area contributed by atoms with Crippen LogP contribution in [-0.4, -0.2) is 60.0 Å². The third-order valence-electron chi connectivity index (χ3n) is 7.24. The molecular formula is C27H35N5OS. The van der Waals surface area contributed by atoms with Crippen LogP contribution in [0.1, 0.15) is 37.7 Å². The lowest BCUT2D eigenvalue weighted by molar-refractivity contribution is -0.125.